The van der Waals surface area contributed by atoms with E-state index >= 15 is 0 Å². The molecule has 1 heterocycles. The first-order chi connectivity index (χ1) is 15.4. The second-order valence-corrected chi connectivity index (χ2v) is 9.09. The molecule has 1 N–H and O–H groups in total. The van der Waals surface area contributed by atoms with Crippen LogP contribution in [0.1, 0.15) is 56.2 Å². The third-order valence-corrected chi connectivity index (χ3v) is 6.19. The molecular weight excluding hydrogens is 439 g/mol. The fourth-order valence-electron chi connectivity index (χ4n) is 4.51. The first-order valence-electron chi connectivity index (χ1n) is 11.0. The van der Waals surface area contributed by atoms with Gasteiger partial charge in [-0.25, -0.2) is 0 Å². The summed E-state index contributed by atoms with van der Waals surface area (Å²) in [6, 6.07) is 2.92. The molecule has 33 heavy (non-hydrogen) atoms. The molecule has 2 aliphatic rings. The van der Waals surface area contributed by atoms with Crippen LogP contribution in [0.15, 0.2) is 17.9 Å². The van der Waals surface area contributed by atoms with Crippen LogP contribution in [0.3, 0.4) is 0 Å². The van der Waals surface area contributed by atoms with Gasteiger partial charge in [0.05, 0.1) is 23.1 Å². The van der Waals surface area contributed by atoms with Crippen molar-refractivity contribution in [3.8, 4) is 5.75 Å². The molecule has 1 amide bonds. The average Bonchev–Trinajstić information content (AvgIpc) is 2.97. The van der Waals surface area contributed by atoms with E-state index in [1.807, 2.05) is 0 Å². The standard InChI is InChI=1S/C24H30F3NO5/c1-13(2)22(30)33-20-19(21(29)28-23(20)8-6-16(31-5)7-9-23)18-14(3)10-17(11-15(18)4)32-12-24(25,26)27/h10-11,13,16H,6-9,12H2,1-5H3,(H,28,29)/t16-,23+. The van der Waals surface area contributed by atoms with Gasteiger partial charge in [-0.3, -0.25) is 9.59 Å². The van der Waals surface area contributed by atoms with Gasteiger partial charge in [-0.2, -0.15) is 13.2 Å². The molecular formula is C24H30F3NO5. The topological polar surface area (TPSA) is 73.9 Å². The van der Waals surface area contributed by atoms with E-state index in [-0.39, 0.29) is 29.1 Å². The third kappa shape index (κ3) is 5.34. The monoisotopic (exact) mass is 469 g/mol. The van der Waals surface area contributed by atoms with E-state index in [9.17, 15) is 22.8 Å². The summed E-state index contributed by atoms with van der Waals surface area (Å²) >= 11 is 0. The molecule has 182 valence electrons. The summed E-state index contributed by atoms with van der Waals surface area (Å²) in [5, 5.41) is 3.05. The van der Waals surface area contributed by atoms with Crippen molar-refractivity contribution < 1.29 is 37.0 Å². The number of methoxy groups -OCH3 is 1. The van der Waals surface area contributed by atoms with Crippen molar-refractivity contribution in [2.45, 2.75) is 71.2 Å². The first kappa shape index (κ1) is 25.1. The van der Waals surface area contributed by atoms with Crippen LogP contribution in [0.5, 0.6) is 5.75 Å². The highest BCUT2D eigenvalue weighted by molar-refractivity contribution is 6.24. The van der Waals surface area contributed by atoms with Gasteiger partial charge in [-0.1, -0.05) is 13.8 Å². The van der Waals surface area contributed by atoms with Crippen LogP contribution in [-0.2, 0) is 19.1 Å². The average molecular weight is 470 g/mol. The van der Waals surface area contributed by atoms with Gasteiger partial charge in [0.2, 0.25) is 0 Å². The summed E-state index contributed by atoms with van der Waals surface area (Å²) in [7, 11) is 1.64. The van der Waals surface area contributed by atoms with E-state index in [4.69, 9.17) is 14.2 Å². The lowest BCUT2D eigenvalue weighted by Crippen LogP contribution is -2.49. The Labute approximate surface area is 191 Å². The summed E-state index contributed by atoms with van der Waals surface area (Å²) in [6.45, 7) is 5.40. The smallest absolute Gasteiger partial charge is 0.422 e. The molecule has 1 saturated carbocycles. The largest absolute Gasteiger partial charge is 0.484 e. The van der Waals surface area contributed by atoms with Crippen LogP contribution in [0.4, 0.5) is 13.2 Å². The second-order valence-electron chi connectivity index (χ2n) is 9.09. The fourth-order valence-corrected chi connectivity index (χ4v) is 4.51. The van der Waals surface area contributed by atoms with Crippen LogP contribution < -0.4 is 10.1 Å². The van der Waals surface area contributed by atoms with E-state index < -0.39 is 30.2 Å². The lowest BCUT2D eigenvalue weighted by atomic mass is 9.78. The molecule has 9 heteroatoms. The van der Waals surface area contributed by atoms with E-state index in [0.29, 0.717) is 42.4 Å². The molecule has 1 aliphatic carbocycles. The van der Waals surface area contributed by atoms with Crippen LogP contribution >= 0.6 is 0 Å². The summed E-state index contributed by atoms with van der Waals surface area (Å²) in [5.41, 5.74) is 1.06. The zero-order chi connectivity index (χ0) is 24.6. The fraction of sp³-hybridized carbons (Fsp3) is 0.583. The molecule has 1 aliphatic heterocycles. The molecule has 0 saturated heterocycles. The summed E-state index contributed by atoms with van der Waals surface area (Å²) in [4.78, 5) is 25.8. The number of benzene rings is 1. The summed E-state index contributed by atoms with van der Waals surface area (Å²) in [6.07, 6.45) is -1.92. The number of carbonyl (C=O) groups is 2. The van der Waals surface area contributed by atoms with Gasteiger partial charge >= 0.3 is 12.1 Å². The van der Waals surface area contributed by atoms with Crippen LogP contribution in [0, 0.1) is 19.8 Å². The number of amides is 1. The number of nitrogens with one attached hydrogen (secondary N) is 1. The Morgan fingerprint density at radius 2 is 1.76 bits per heavy atom. The van der Waals surface area contributed by atoms with Gasteiger partial charge < -0.3 is 19.5 Å². The lowest BCUT2D eigenvalue weighted by Gasteiger charge is -2.38. The molecule has 3 rings (SSSR count). The highest BCUT2D eigenvalue weighted by Crippen LogP contribution is 2.45. The lowest BCUT2D eigenvalue weighted by molar-refractivity contribution is -0.153. The van der Waals surface area contributed by atoms with Gasteiger partial charge in [0.15, 0.2) is 6.61 Å². The molecule has 0 unspecified atom stereocenters. The Balaban J connectivity index is 2.07. The van der Waals surface area contributed by atoms with Crippen molar-refractivity contribution in [2.24, 2.45) is 5.92 Å². The van der Waals surface area contributed by atoms with Crippen molar-refractivity contribution in [2.75, 3.05) is 13.7 Å². The predicted octanol–water partition coefficient (Wildman–Crippen LogP) is 4.61. The maximum Gasteiger partial charge on any atom is 0.422 e. The number of halogens is 3. The number of alkyl halides is 3. The van der Waals surface area contributed by atoms with Gasteiger partial charge in [0, 0.05) is 7.11 Å². The Bertz CT molecular complexity index is 936. The second kappa shape index (κ2) is 9.37. The number of ether oxygens (including phenoxy) is 3. The Morgan fingerprint density at radius 1 is 1.18 bits per heavy atom. The molecule has 0 radical (unpaired) electrons. The Kier molecular flexibility index (Phi) is 7.12. The van der Waals surface area contributed by atoms with Crippen molar-refractivity contribution in [1.82, 2.24) is 5.32 Å². The first-order valence-corrected chi connectivity index (χ1v) is 11.0. The highest BCUT2D eigenvalue weighted by Gasteiger charge is 2.50. The van der Waals surface area contributed by atoms with E-state index in [2.05, 4.69) is 5.32 Å². The number of rotatable bonds is 6. The number of esters is 1. The molecule has 1 fully saturated rings. The highest BCUT2D eigenvalue weighted by atomic mass is 19.4. The van der Waals surface area contributed by atoms with Gasteiger partial charge in [-0.05, 0) is 68.4 Å². The summed E-state index contributed by atoms with van der Waals surface area (Å²) < 4.78 is 53.9. The minimum Gasteiger partial charge on any atom is -0.484 e. The normalized spacial score (nSPS) is 23.3. The zero-order valence-electron chi connectivity index (χ0n) is 19.5. The minimum atomic E-state index is -4.46. The summed E-state index contributed by atoms with van der Waals surface area (Å²) in [5.74, 6) is -0.876. The van der Waals surface area contributed by atoms with Gasteiger partial charge in [0.1, 0.15) is 11.5 Å². The van der Waals surface area contributed by atoms with E-state index in [1.165, 1.54) is 12.1 Å². The predicted molar refractivity (Wildman–Crippen MR) is 115 cm³/mol. The Hall–Kier alpha value is -2.55. The number of aryl methyl sites for hydroxylation is 2. The van der Waals surface area contributed by atoms with Crippen molar-refractivity contribution in [1.29, 1.82) is 0 Å². The van der Waals surface area contributed by atoms with Gasteiger partial charge in [-0.15, -0.1) is 0 Å². The number of hydrogen-bond acceptors (Lipinski definition) is 5. The maximum atomic E-state index is 13.2. The van der Waals surface area contributed by atoms with E-state index in [0.717, 1.165) is 0 Å². The van der Waals surface area contributed by atoms with Crippen LogP contribution in [-0.4, -0.2) is 43.4 Å². The molecule has 0 atom stereocenters. The minimum absolute atomic E-state index is 0.0566. The zero-order valence-corrected chi connectivity index (χ0v) is 19.5. The molecule has 1 aromatic carbocycles. The quantitative estimate of drug-likeness (QED) is 0.616. The van der Waals surface area contributed by atoms with Gasteiger partial charge in [0.25, 0.3) is 5.91 Å². The SMILES string of the molecule is CO[C@H]1CC[C@]2(CC1)NC(=O)C(c1c(C)cc(OCC(F)(F)F)cc1C)=C2OC(=O)C(C)C. The maximum absolute atomic E-state index is 13.2. The van der Waals surface area contributed by atoms with Crippen molar-refractivity contribution in [3.63, 3.8) is 0 Å². The Morgan fingerprint density at radius 3 is 2.24 bits per heavy atom. The van der Waals surface area contributed by atoms with Crippen LogP contribution in [0.25, 0.3) is 5.57 Å². The molecule has 6 nitrogen and oxygen atoms in total. The molecule has 0 aromatic heterocycles. The number of hydrogen-bond donors (Lipinski definition) is 1. The van der Waals surface area contributed by atoms with Crippen molar-refractivity contribution >= 4 is 17.4 Å². The van der Waals surface area contributed by atoms with E-state index in [1.54, 1.807) is 34.8 Å². The molecule has 1 spiro atoms. The number of carbonyl (C=O) groups excluding carboxylic acids is 2. The van der Waals surface area contributed by atoms with Crippen molar-refractivity contribution in [3.05, 3.63) is 34.6 Å². The molecule has 1 aromatic rings. The molecule has 0 bridgehead atoms. The van der Waals surface area contributed by atoms with Crippen LogP contribution in [0.2, 0.25) is 0 Å². The third-order valence-electron chi connectivity index (χ3n) is 6.19.